The molecule has 24 heavy (non-hydrogen) atoms. The lowest BCUT2D eigenvalue weighted by Crippen LogP contribution is -2.25. The van der Waals surface area contributed by atoms with Crippen molar-refractivity contribution in [1.29, 1.82) is 5.26 Å². The number of nitriles is 1. The minimum absolute atomic E-state index is 0.161. The lowest BCUT2D eigenvalue weighted by atomic mass is 10.1. The smallest absolute Gasteiger partial charge is 0.268 e. The van der Waals surface area contributed by atoms with Crippen LogP contribution in [0.1, 0.15) is 23.7 Å². The van der Waals surface area contributed by atoms with Gasteiger partial charge >= 0.3 is 0 Å². The van der Waals surface area contributed by atoms with Crippen molar-refractivity contribution in [2.75, 3.05) is 18.0 Å². The number of nitrogens with zero attached hydrogens (tertiary/aromatic N) is 5. The highest BCUT2D eigenvalue weighted by Gasteiger charge is 2.28. The molecule has 7 heteroatoms. The Balaban J connectivity index is 1.85. The van der Waals surface area contributed by atoms with Gasteiger partial charge in [0.15, 0.2) is 0 Å². The van der Waals surface area contributed by atoms with Crippen LogP contribution in [0.4, 0.5) is 5.69 Å². The topological polar surface area (TPSA) is 90.6 Å². The summed E-state index contributed by atoms with van der Waals surface area (Å²) in [5, 5.41) is 14.7. The Labute approximate surface area is 138 Å². The lowest BCUT2D eigenvalue weighted by molar-refractivity contribution is 0.495. The molecule has 120 valence electrons. The van der Waals surface area contributed by atoms with E-state index >= 15 is 0 Å². The molecule has 0 amide bonds. The number of hydrogen-bond acceptors (Lipinski definition) is 5. The monoisotopic (exact) mass is 320 g/mol. The zero-order chi connectivity index (χ0) is 16.7. The summed E-state index contributed by atoms with van der Waals surface area (Å²) in [4.78, 5) is 21.4. The van der Waals surface area contributed by atoms with Gasteiger partial charge in [0.25, 0.3) is 5.56 Å². The summed E-state index contributed by atoms with van der Waals surface area (Å²) in [5.41, 5.74) is 2.00. The molecule has 0 saturated carbocycles. The normalized spacial score (nSPS) is 17.3. The van der Waals surface area contributed by atoms with Crippen LogP contribution in [0.3, 0.4) is 0 Å². The summed E-state index contributed by atoms with van der Waals surface area (Å²) in [6.07, 6.45) is 6.28. The van der Waals surface area contributed by atoms with E-state index in [1.54, 1.807) is 12.4 Å². The third-order valence-electron chi connectivity index (χ3n) is 4.50. The van der Waals surface area contributed by atoms with E-state index in [4.69, 9.17) is 0 Å². The minimum Gasteiger partial charge on any atom is -0.368 e. The first-order valence-corrected chi connectivity index (χ1v) is 7.84. The van der Waals surface area contributed by atoms with Crippen molar-refractivity contribution in [3.05, 3.63) is 52.3 Å². The van der Waals surface area contributed by atoms with Gasteiger partial charge in [0.2, 0.25) is 0 Å². The van der Waals surface area contributed by atoms with E-state index in [9.17, 15) is 10.1 Å². The number of aromatic amines is 1. The molecule has 0 spiro atoms. The fraction of sp³-hybridized carbons (Fsp3) is 0.294. The van der Waals surface area contributed by atoms with Gasteiger partial charge in [-0.15, -0.1) is 0 Å². The van der Waals surface area contributed by atoms with Crippen LogP contribution in [0, 0.1) is 18.3 Å². The minimum atomic E-state index is -0.367. The van der Waals surface area contributed by atoms with Gasteiger partial charge in [0.05, 0.1) is 23.4 Å². The first-order valence-electron chi connectivity index (χ1n) is 7.84. The van der Waals surface area contributed by atoms with E-state index in [1.165, 1.54) is 0 Å². The van der Waals surface area contributed by atoms with Gasteiger partial charge < -0.3 is 9.88 Å². The molecule has 3 aromatic rings. The summed E-state index contributed by atoms with van der Waals surface area (Å²) in [5.74, 6) is 0. The first-order chi connectivity index (χ1) is 11.7. The Hall–Kier alpha value is -3.14. The van der Waals surface area contributed by atoms with Gasteiger partial charge in [-0.1, -0.05) is 0 Å². The highest BCUT2D eigenvalue weighted by molar-refractivity contribution is 5.94. The number of nitrogens with one attached hydrogen (secondary N) is 1. The van der Waals surface area contributed by atoms with E-state index in [2.05, 4.69) is 26.0 Å². The molecule has 1 aliphatic rings. The van der Waals surface area contributed by atoms with Crippen LogP contribution >= 0.6 is 0 Å². The quantitative estimate of drug-likeness (QED) is 0.777. The summed E-state index contributed by atoms with van der Waals surface area (Å²) < 4.78 is 1.94. The van der Waals surface area contributed by atoms with Crippen LogP contribution in [-0.2, 0) is 0 Å². The number of pyridine rings is 2. The molecule has 0 radical (unpaired) electrons. The van der Waals surface area contributed by atoms with Crippen molar-refractivity contribution in [2.45, 2.75) is 19.4 Å². The van der Waals surface area contributed by atoms with Gasteiger partial charge in [-0.05, 0) is 25.5 Å². The SMILES string of the molecule is Cc1cc2c(N3CCC(n4cccn4)C3)c(C#N)c(=O)[nH]c2cn1. The van der Waals surface area contributed by atoms with Gasteiger partial charge in [-0.3, -0.25) is 14.5 Å². The Morgan fingerprint density at radius 1 is 1.46 bits per heavy atom. The number of rotatable bonds is 2. The number of aryl methyl sites for hydroxylation is 1. The fourth-order valence-corrected chi connectivity index (χ4v) is 3.37. The van der Waals surface area contributed by atoms with E-state index in [1.807, 2.05) is 29.9 Å². The average molecular weight is 320 g/mol. The molecule has 1 unspecified atom stereocenters. The molecule has 4 heterocycles. The van der Waals surface area contributed by atoms with Crippen molar-refractivity contribution in [2.24, 2.45) is 0 Å². The number of fused-ring (bicyclic) bond motifs is 1. The Morgan fingerprint density at radius 3 is 3.08 bits per heavy atom. The molecular formula is C17H16N6O. The highest BCUT2D eigenvalue weighted by atomic mass is 16.1. The van der Waals surface area contributed by atoms with Crippen molar-refractivity contribution >= 4 is 16.6 Å². The van der Waals surface area contributed by atoms with Crippen LogP contribution < -0.4 is 10.5 Å². The van der Waals surface area contributed by atoms with Crippen LogP contribution in [0.2, 0.25) is 0 Å². The fourth-order valence-electron chi connectivity index (χ4n) is 3.37. The predicted molar refractivity (Wildman–Crippen MR) is 89.9 cm³/mol. The second-order valence-corrected chi connectivity index (χ2v) is 6.04. The molecule has 1 atom stereocenters. The molecule has 4 rings (SSSR count). The van der Waals surface area contributed by atoms with Crippen LogP contribution in [-0.4, -0.2) is 32.8 Å². The van der Waals surface area contributed by atoms with Gasteiger partial charge in [-0.25, -0.2) is 0 Å². The third-order valence-corrected chi connectivity index (χ3v) is 4.50. The van der Waals surface area contributed by atoms with Crippen molar-refractivity contribution in [1.82, 2.24) is 19.7 Å². The number of anilines is 1. The van der Waals surface area contributed by atoms with Crippen LogP contribution in [0.5, 0.6) is 0 Å². The van der Waals surface area contributed by atoms with Crippen molar-refractivity contribution < 1.29 is 0 Å². The van der Waals surface area contributed by atoms with E-state index < -0.39 is 0 Å². The molecule has 1 fully saturated rings. The molecule has 3 aromatic heterocycles. The van der Waals surface area contributed by atoms with Crippen molar-refractivity contribution in [3.8, 4) is 6.07 Å². The maximum absolute atomic E-state index is 12.3. The summed E-state index contributed by atoms with van der Waals surface area (Å²) in [6.45, 7) is 3.40. The molecule has 1 aliphatic heterocycles. The first kappa shape index (κ1) is 14.5. The van der Waals surface area contributed by atoms with E-state index in [-0.39, 0.29) is 17.2 Å². The van der Waals surface area contributed by atoms with Gasteiger partial charge in [-0.2, -0.15) is 10.4 Å². The molecule has 1 saturated heterocycles. The highest BCUT2D eigenvalue weighted by Crippen LogP contribution is 2.33. The molecule has 0 bridgehead atoms. The number of aromatic nitrogens is 4. The van der Waals surface area contributed by atoms with Crippen LogP contribution in [0.15, 0.2) is 35.5 Å². The maximum Gasteiger partial charge on any atom is 0.268 e. The summed E-state index contributed by atoms with van der Waals surface area (Å²) in [6, 6.07) is 6.14. The molecular weight excluding hydrogens is 304 g/mol. The van der Waals surface area contributed by atoms with E-state index in [0.717, 1.165) is 30.6 Å². The average Bonchev–Trinajstić information content (AvgIpc) is 3.25. The molecule has 1 N–H and O–H groups in total. The van der Waals surface area contributed by atoms with E-state index in [0.29, 0.717) is 11.2 Å². The third kappa shape index (κ3) is 2.24. The Bertz CT molecular complexity index is 998. The number of H-pyrrole nitrogens is 1. The molecule has 0 aliphatic carbocycles. The van der Waals surface area contributed by atoms with Crippen molar-refractivity contribution in [3.63, 3.8) is 0 Å². The molecule has 7 nitrogen and oxygen atoms in total. The standard InChI is InChI=1S/C17H16N6O/c1-11-7-13-15(9-19-11)21-17(24)14(8-18)16(13)22-6-3-12(10-22)23-5-2-4-20-23/h2,4-5,7,9,12H,3,6,10H2,1H3,(H,21,24). The lowest BCUT2D eigenvalue weighted by Gasteiger charge is -2.21. The second kappa shape index (κ2) is 5.49. The number of hydrogen-bond donors (Lipinski definition) is 1. The molecule has 0 aromatic carbocycles. The van der Waals surface area contributed by atoms with Crippen LogP contribution in [0.25, 0.3) is 10.9 Å². The maximum atomic E-state index is 12.3. The zero-order valence-corrected chi connectivity index (χ0v) is 13.2. The second-order valence-electron chi connectivity index (χ2n) is 6.04. The summed E-state index contributed by atoms with van der Waals surface area (Å²) in [7, 11) is 0. The summed E-state index contributed by atoms with van der Waals surface area (Å²) >= 11 is 0. The van der Waals surface area contributed by atoms with Gasteiger partial charge in [0, 0.05) is 36.6 Å². The predicted octanol–water partition coefficient (Wildman–Crippen LogP) is 1.75. The largest absolute Gasteiger partial charge is 0.368 e. The van der Waals surface area contributed by atoms with Gasteiger partial charge in [0.1, 0.15) is 11.6 Å². The Morgan fingerprint density at radius 2 is 2.33 bits per heavy atom. The Kier molecular flexibility index (Phi) is 3.31. The zero-order valence-electron chi connectivity index (χ0n) is 13.2.